The smallest absolute Gasteiger partial charge is 0.316 e. The first-order chi connectivity index (χ1) is 7.07. The molecule has 0 fully saturated rings. The Bertz CT molecular complexity index is 319. The topological polar surface area (TPSA) is 43.2 Å². The van der Waals surface area contributed by atoms with Gasteiger partial charge in [0.05, 0.1) is 0 Å². The Morgan fingerprint density at radius 2 is 1.44 bits per heavy atom. The lowest BCUT2D eigenvalue weighted by Gasteiger charge is -2.22. The van der Waals surface area contributed by atoms with E-state index in [1.807, 2.05) is 48.5 Å². The van der Waals surface area contributed by atoms with E-state index in [0.29, 0.717) is 11.9 Å². The first kappa shape index (κ1) is 13.0. The van der Waals surface area contributed by atoms with Crippen LogP contribution in [0.3, 0.4) is 0 Å². The van der Waals surface area contributed by atoms with Gasteiger partial charge in [0.2, 0.25) is 5.90 Å². The monoisotopic (exact) mass is 226 g/mol. The van der Waals surface area contributed by atoms with E-state index in [1.165, 1.54) is 0 Å². The predicted molar refractivity (Wildman–Crippen MR) is 66.0 cm³/mol. The summed E-state index contributed by atoms with van der Waals surface area (Å²) in [7, 11) is 0. The Morgan fingerprint density at radius 3 is 1.88 bits per heavy atom. The van der Waals surface area contributed by atoms with Crippen LogP contribution in [0.25, 0.3) is 0 Å². The van der Waals surface area contributed by atoms with Crippen LogP contribution in [0.15, 0.2) is 9.98 Å². The molecule has 0 saturated carbocycles. The van der Waals surface area contributed by atoms with Gasteiger partial charge >= 0.3 is 6.02 Å². The van der Waals surface area contributed by atoms with Gasteiger partial charge in [-0.05, 0) is 48.5 Å². The minimum atomic E-state index is -0.279. The molecule has 0 aromatic heterocycles. The zero-order chi connectivity index (χ0) is 12.6. The predicted octanol–water partition coefficient (Wildman–Crippen LogP) is 2.77. The molecule has 0 saturated heterocycles. The third kappa shape index (κ3) is 4.21. The largest absolute Gasteiger partial charge is 0.473 e. The number of aliphatic imine (C=N–C) groups is 2. The fraction of sp³-hybridized carbons (Fsp3) is 0.833. The molecule has 0 N–H and O–H groups in total. The molecule has 16 heavy (non-hydrogen) atoms. The highest BCUT2D eigenvalue weighted by atomic mass is 16.5. The summed E-state index contributed by atoms with van der Waals surface area (Å²) >= 11 is 0. The van der Waals surface area contributed by atoms with E-state index in [0.717, 1.165) is 0 Å². The maximum atomic E-state index is 5.71. The molecular weight excluding hydrogens is 204 g/mol. The molecule has 4 nitrogen and oxygen atoms in total. The third-order valence-electron chi connectivity index (χ3n) is 1.68. The molecular formula is C12H22N2O2. The van der Waals surface area contributed by atoms with Crippen LogP contribution < -0.4 is 0 Å². The number of hydrogen-bond donors (Lipinski definition) is 0. The van der Waals surface area contributed by atoms with Gasteiger partial charge < -0.3 is 9.47 Å². The molecule has 1 unspecified atom stereocenters. The molecule has 0 aliphatic carbocycles. The summed E-state index contributed by atoms with van der Waals surface area (Å²) in [5.41, 5.74) is -0.529. The summed E-state index contributed by atoms with van der Waals surface area (Å²) in [6.07, 6.45) is 0. The van der Waals surface area contributed by atoms with E-state index in [-0.39, 0.29) is 17.2 Å². The summed E-state index contributed by atoms with van der Waals surface area (Å²) in [4.78, 5) is 8.57. The molecule has 4 heteroatoms. The van der Waals surface area contributed by atoms with Crippen LogP contribution in [0.2, 0.25) is 0 Å². The van der Waals surface area contributed by atoms with E-state index in [2.05, 4.69) is 9.98 Å². The highest BCUT2D eigenvalue weighted by Gasteiger charge is 2.27. The van der Waals surface area contributed by atoms with Crippen molar-refractivity contribution >= 4 is 11.9 Å². The molecule has 92 valence electrons. The lowest BCUT2D eigenvalue weighted by molar-refractivity contribution is 0.109. The van der Waals surface area contributed by atoms with Crippen LogP contribution in [-0.4, -0.2) is 29.2 Å². The van der Waals surface area contributed by atoms with E-state index < -0.39 is 0 Å². The number of rotatable bonds is 0. The fourth-order valence-electron chi connectivity index (χ4n) is 1.18. The van der Waals surface area contributed by atoms with Crippen molar-refractivity contribution in [1.29, 1.82) is 0 Å². The molecule has 0 bridgehead atoms. The minimum absolute atomic E-state index is 0.0587. The van der Waals surface area contributed by atoms with Crippen molar-refractivity contribution in [1.82, 2.24) is 0 Å². The van der Waals surface area contributed by atoms with Gasteiger partial charge in [-0.3, -0.25) is 0 Å². The average Bonchev–Trinajstić information content (AvgIpc) is 2.23. The zero-order valence-electron chi connectivity index (χ0n) is 11.3. The van der Waals surface area contributed by atoms with Crippen molar-refractivity contribution in [3.05, 3.63) is 0 Å². The summed E-state index contributed by atoms with van der Waals surface area (Å²) in [6.45, 7) is 13.8. The average molecular weight is 226 g/mol. The first-order valence-electron chi connectivity index (χ1n) is 5.61. The molecule has 1 aliphatic rings. The van der Waals surface area contributed by atoms with Crippen molar-refractivity contribution in [2.45, 2.75) is 65.7 Å². The zero-order valence-corrected chi connectivity index (χ0v) is 11.3. The van der Waals surface area contributed by atoms with Gasteiger partial charge in [-0.1, -0.05) is 0 Å². The lowest BCUT2D eigenvalue weighted by Crippen LogP contribution is -2.28. The molecule has 0 aromatic rings. The second-order valence-electron chi connectivity index (χ2n) is 5.97. The third-order valence-corrected chi connectivity index (χ3v) is 1.68. The second-order valence-corrected chi connectivity index (χ2v) is 5.97. The maximum absolute atomic E-state index is 5.71. The quantitative estimate of drug-likeness (QED) is 0.637. The van der Waals surface area contributed by atoms with Crippen molar-refractivity contribution in [3.63, 3.8) is 0 Å². The number of nitrogens with zero attached hydrogens (tertiary/aromatic N) is 2. The molecule has 1 rings (SSSR count). The van der Waals surface area contributed by atoms with Crippen LogP contribution >= 0.6 is 0 Å². The minimum Gasteiger partial charge on any atom is -0.473 e. The standard InChI is InChI=1S/C12H22N2O2/c1-8-9(15-11(2,3)4)14-10(13-8)16-12(5,6)7/h8H,1-7H3. The Balaban J connectivity index is 2.69. The molecule has 1 aliphatic heterocycles. The first-order valence-corrected chi connectivity index (χ1v) is 5.61. The van der Waals surface area contributed by atoms with Crippen LogP contribution in [0.5, 0.6) is 0 Å². The van der Waals surface area contributed by atoms with Crippen molar-refractivity contribution in [3.8, 4) is 0 Å². The molecule has 1 heterocycles. The van der Waals surface area contributed by atoms with E-state index in [4.69, 9.17) is 9.47 Å². The number of amidine groups is 1. The highest BCUT2D eigenvalue weighted by molar-refractivity contribution is 5.99. The molecule has 0 amide bonds. The summed E-state index contributed by atoms with van der Waals surface area (Å²) in [5.74, 6) is 0.631. The van der Waals surface area contributed by atoms with E-state index in [9.17, 15) is 0 Å². The van der Waals surface area contributed by atoms with Gasteiger partial charge in [0.1, 0.15) is 17.2 Å². The van der Waals surface area contributed by atoms with Gasteiger partial charge in [-0.25, -0.2) is 4.99 Å². The fourth-order valence-corrected chi connectivity index (χ4v) is 1.18. The normalized spacial score (nSPS) is 21.6. The molecule has 1 atom stereocenters. The Morgan fingerprint density at radius 1 is 0.938 bits per heavy atom. The van der Waals surface area contributed by atoms with Gasteiger partial charge in [-0.15, -0.1) is 0 Å². The Hall–Kier alpha value is -1.06. The maximum Gasteiger partial charge on any atom is 0.316 e. The SMILES string of the molecule is CC1N=C(OC(C)(C)C)N=C1OC(C)(C)C. The van der Waals surface area contributed by atoms with Gasteiger partial charge in [-0.2, -0.15) is 4.99 Å². The lowest BCUT2D eigenvalue weighted by atomic mass is 10.2. The molecule has 0 aromatic carbocycles. The molecule has 0 radical (unpaired) electrons. The van der Waals surface area contributed by atoms with Crippen molar-refractivity contribution in [2.24, 2.45) is 9.98 Å². The van der Waals surface area contributed by atoms with Crippen molar-refractivity contribution in [2.75, 3.05) is 0 Å². The summed E-state index contributed by atoms with van der Waals surface area (Å²) in [6, 6.07) is 0.357. The van der Waals surface area contributed by atoms with E-state index >= 15 is 0 Å². The van der Waals surface area contributed by atoms with Crippen molar-refractivity contribution < 1.29 is 9.47 Å². The van der Waals surface area contributed by atoms with Crippen LogP contribution in [0.4, 0.5) is 0 Å². The van der Waals surface area contributed by atoms with Crippen LogP contribution in [0, 0.1) is 0 Å². The second kappa shape index (κ2) is 4.07. The highest BCUT2D eigenvalue weighted by Crippen LogP contribution is 2.18. The van der Waals surface area contributed by atoms with E-state index in [1.54, 1.807) is 0 Å². The Kier molecular flexibility index (Phi) is 3.31. The number of ether oxygens (including phenoxy) is 2. The summed E-state index contributed by atoms with van der Waals surface area (Å²) < 4.78 is 11.3. The van der Waals surface area contributed by atoms with Gasteiger partial charge in [0.25, 0.3) is 0 Å². The Labute approximate surface area is 97.8 Å². The van der Waals surface area contributed by atoms with Gasteiger partial charge in [0.15, 0.2) is 0 Å². The van der Waals surface area contributed by atoms with Crippen LogP contribution in [0.1, 0.15) is 48.5 Å². The summed E-state index contributed by atoms with van der Waals surface area (Å²) in [5, 5.41) is 0. The number of hydrogen-bond acceptors (Lipinski definition) is 4. The van der Waals surface area contributed by atoms with Crippen LogP contribution in [-0.2, 0) is 9.47 Å². The molecule has 0 spiro atoms. The van der Waals surface area contributed by atoms with Gasteiger partial charge in [0, 0.05) is 0 Å².